The number of aryl methyl sites for hydroxylation is 2. The maximum Gasteiger partial charge on any atom is 0.255 e. The molecule has 0 spiro atoms. The number of aliphatic hydroxyl groups is 3. The highest BCUT2D eigenvalue weighted by atomic mass is 16.3. The molecule has 1 aromatic heterocycles. The van der Waals surface area contributed by atoms with Crippen LogP contribution in [0.2, 0.25) is 0 Å². The summed E-state index contributed by atoms with van der Waals surface area (Å²) < 4.78 is 0. The molecule has 6 N–H and O–H groups in total. The topological polar surface area (TPSA) is 174 Å². The highest BCUT2D eigenvalue weighted by Crippen LogP contribution is 2.52. The molecule has 1 amide bonds. The Morgan fingerprint density at radius 3 is 2.50 bits per heavy atom. The number of amides is 1. The van der Waals surface area contributed by atoms with Crippen LogP contribution in [0.4, 0.5) is 0 Å². The van der Waals surface area contributed by atoms with Crippen LogP contribution >= 0.6 is 0 Å². The van der Waals surface area contributed by atoms with E-state index in [4.69, 9.17) is 5.73 Å². The number of carbonyl (C=O) groups excluding carboxylic acids is 3. The summed E-state index contributed by atoms with van der Waals surface area (Å²) in [6.45, 7) is 0. The number of aromatic hydroxyl groups is 1. The Morgan fingerprint density at radius 2 is 1.87 bits per heavy atom. The quantitative estimate of drug-likeness (QED) is 0.365. The number of fused-ring (bicyclic) bond motifs is 3. The zero-order valence-electron chi connectivity index (χ0n) is 21.0. The Bertz CT molecular complexity index is 1430. The molecule has 3 aliphatic rings. The van der Waals surface area contributed by atoms with Crippen molar-refractivity contribution in [2.24, 2.45) is 17.6 Å². The van der Waals surface area contributed by atoms with Gasteiger partial charge in [0.2, 0.25) is 5.78 Å². The molecular formula is C28H29N3O7. The van der Waals surface area contributed by atoms with E-state index in [0.29, 0.717) is 18.4 Å². The lowest BCUT2D eigenvalue weighted by molar-refractivity contribution is -0.148. The first kappa shape index (κ1) is 25.6. The molecule has 0 fully saturated rings. The van der Waals surface area contributed by atoms with Gasteiger partial charge in [-0.15, -0.1) is 0 Å². The van der Waals surface area contributed by atoms with Gasteiger partial charge < -0.3 is 26.2 Å². The first-order chi connectivity index (χ1) is 18.0. The van der Waals surface area contributed by atoms with Crippen molar-refractivity contribution < 1.29 is 34.8 Å². The third-order valence-corrected chi connectivity index (χ3v) is 8.08. The number of hydrogen-bond acceptors (Lipinski definition) is 9. The van der Waals surface area contributed by atoms with Crippen molar-refractivity contribution in [2.75, 3.05) is 14.1 Å². The molecule has 0 bridgehead atoms. The summed E-state index contributed by atoms with van der Waals surface area (Å²) >= 11 is 0. The number of benzene rings is 1. The van der Waals surface area contributed by atoms with Gasteiger partial charge in [0.25, 0.3) is 5.91 Å². The lowest BCUT2D eigenvalue weighted by Crippen LogP contribution is -2.63. The molecule has 1 heterocycles. The number of Topliss-reactive ketones (excluding diaryl/α,β-unsaturated/α-hetero) is 2. The molecular weight excluding hydrogens is 490 g/mol. The number of nitrogens with zero attached hydrogens (tertiary/aromatic N) is 2. The zero-order valence-corrected chi connectivity index (χ0v) is 21.0. The number of aliphatic hydroxyl groups excluding tert-OH is 2. The Morgan fingerprint density at radius 1 is 1.13 bits per heavy atom. The van der Waals surface area contributed by atoms with E-state index in [-0.39, 0.29) is 29.7 Å². The predicted molar refractivity (Wildman–Crippen MR) is 135 cm³/mol. The maximum atomic E-state index is 13.8. The standard InChI is InChI=1S/C28H29N3O7/c1-31(2)22-17-12-14-11-16-13(6-8-15-5-3-4-10-30-15)7-9-18(32)20(16)23(33)19(14)25(35)28(17,38)26(36)21(24(22)34)27(29)37/h3-5,7,9-10,14,17,22,32,34-35,38H,6,8,11-12H2,1-2H3,(H2,29,37). The van der Waals surface area contributed by atoms with Crippen LogP contribution in [0.5, 0.6) is 5.75 Å². The van der Waals surface area contributed by atoms with Crippen molar-refractivity contribution in [3.63, 3.8) is 0 Å². The van der Waals surface area contributed by atoms with E-state index >= 15 is 0 Å². The van der Waals surface area contributed by atoms with E-state index in [1.165, 1.54) is 11.0 Å². The van der Waals surface area contributed by atoms with E-state index in [9.17, 15) is 34.8 Å². The monoisotopic (exact) mass is 519 g/mol. The number of nitrogens with two attached hydrogens (primary N) is 1. The minimum atomic E-state index is -2.64. The van der Waals surface area contributed by atoms with Gasteiger partial charge in [0, 0.05) is 23.4 Å². The Kier molecular flexibility index (Phi) is 6.12. The van der Waals surface area contributed by atoms with Crippen molar-refractivity contribution in [3.8, 4) is 5.75 Å². The van der Waals surface area contributed by atoms with Crippen LogP contribution in [0.3, 0.4) is 0 Å². The summed E-state index contributed by atoms with van der Waals surface area (Å²) in [5.74, 6) is -6.56. The third kappa shape index (κ3) is 3.63. The summed E-state index contributed by atoms with van der Waals surface area (Å²) in [5, 5.41) is 44.5. The van der Waals surface area contributed by atoms with Gasteiger partial charge in [-0.3, -0.25) is 24.3 Å². The Hall–Kier alpha value is -4.02. The highest BCUT2D eigenvalue weighted by Gasteiger charge is 2.63. The normalized spacial score (nSPS) is 26.8. The number of phenols is 1. The molecule has 0 saturated heterocycles. The molecule has 5 rings (SSSR count). The number of phenolic OH excluding ortho intramolecular Hbond substituents is 1. The summed E-state index contributed by atoms with van der Waals surface area (Å²) in [6.07, 6.45) is 3.19. The van der Waals surface area contributed by atoms with Crippen LogP contribution in [0.15, 0.2) is 59.2 Å². The van der Waals surface area contributed by atoms with Crippen molar-refractivity contribution in [3.05, 3.63) is 81.6 Å². The van der Waals surface area contributed by atoms with Crippen LogP contribution in [0.25, 0.3) is 0 Å². The maximum absolute atomic E-state index is 13.8. The van der Waals surface area contributed by atoms with Crippen molar-refractivity contribution in [1.29, 1.82) is 0 Å². The number of ketones is 2. The molecule has 10 heteroatoms. The van der Waals surface area contributed by atoms with Gasteiger partial charge in [0.1, 0.15) is 22.8 Å². The number of hydrogen-bond donors (Lipinski definition) is 5. The largest absolute Gasteiger partial charge is 0.510 e. The molecule has 3 aliphatic carbocycles. The fourth-order valence-corrected chi connectivity index (χ4v) is 6.36. The number of primary amides is 1. The minimum Gasteiger partial charge on any atom is -0.510 e. The van der Waals surface area contributed by atoms with Crippen molar-refractivity contribution in [2.45, 2.75) is 37.3 Å². The van der Waals surface area contributed by atoms with Crippen LogP contribution in [0, 0.1) is 11.8 Å². The van der Waals surface area contributed by atoms with E-state index in [1.54, 1.807) is 26.4 Å². The molecule has 4 unspecified atom stereocenters. The fourth-order valence-electron chi connectivity index (χ4n) is 6.36. The number of likely N-dealkylation sites (N-methyl/N-ethyl adjacent to an activating group) is 1. The van der Waals surface area contributed by atoms with Gasteiger partial charge in [0.05, 0.1) is 11.6 Å². The second kappa shape index (κ2) is 9.07. The fraction of sp³-hybridized carbons (Fsp3) is 0.357. The summed E-state index contributed by atoms with van der Waals surface area (Å²) in [5.41, 5.74) is 4.11. The minimum absolute atomic E-state index is 0.0179. The molecule has 0 saturated carbocycles. The SMILES string of the molecule is CN(C)C1C(O)=C(C(N)=O)C(=O)C2(O)C(O)=C3C(=O)c4c(O)ccc(CCc5ccccn5)c4CC3CC12. The highest BCUT2D eigenvalue weighted by molar-refractivity contribution is 6.24. The first-order valence-corrected chi connectivity index (χ1v) is 12.4. The molecule has 1 aromatic carbocycles. The molecule has 0 aliphatic heterocycles. The number of rotatable bonds is 5. The summed E-state index contributed by atoms with van der Waals surface area (Å²) in [4.78, 5) is 45.0. The number of pyridine rings is 1. The van der Waals surface area contributed by atoms with E-state index in [2.05, 4.69) is 4.98 Å². The second-order valence-electron chi connectivity index (χ2n) is 10.4. The molecule has 10 nitrogen and oxygen atoms in total. The molecule has 2 aromatic rings. The Balaban J connectivity index is 1.62. The van der Waals surface area contributed by atoms with Crippen LogP contribution in [0.1, 0.15) is 33.6 Å². The number of carbonyl (C=O) groups is 3. The summed E-state index contributed by atoms with van der Waals surface area (Å²) in [6, 6.07) is 7.78. The number of allylic oxidation sites excluding steroid dienone is 1. The zero-order chi connectivity index (χ0) is 27.5. The average Bonchev–Trinajstić information content (AvgIpc) is 2.86. The van der Waals surface area contributed by atoms with Crippen LogP contribution < -0.4 is 5.73 Å². The lowest BCUT2D eigenvalue weighted by Gasteiger charge is -2.50. The lowest BCUT2D eigenvalue weighted by atomic mass is 9.58. The van der Waals surface area contributed by atoms with Gasteiger partial charge in [0.15, 0.2) is 11.4 Å². The third-order valence-electron chi connectivity index (χ3n) is 8.08. The van der Waals surface area contributed by atoms with Gasteiger partial charge in [-0.2, -0.15) is 0 Å². The van der Waals surface area contributed by atoms with Gasteiger partial charge in [-0.05, 0) is 75.0 Å². The average molecular weight is 520 g/mol. The number of aromatic nitrogens is 1. The van der Waals surface area contributed by atoms with E-state index in [1.807, 2.05) is 18.2 Å². The molecule has 4 atom stereocenters. The first-order valence-electron chi connectivity index (χ1n) is 12.4. The van der Waals surface area contributed by atoms with Crippen LogP contribution in [-0.2, 0) is 28.9 Å². The van der Waals surface area contributed by atoms with E-state index in [0.717, 1.165) is 11.3 Å². The van der Waals surface area contributed by atoms with Gasteiger partial charge in [-0.1, -0.05) is 12.1 Å². The molecule has 198 valence electrons. The summed E-state index contributed by atoms with van der Waals surface area (Å²) in [7, 11) is 3.20. The van der Waals surface area contributed by atoms with Gasteiger partial charge in [-0.25, -0.2) is 0 Å². The van der Waals surface area contributed by atoms with Crippen molar-refractivity contribution in [1.82, 2.24) is 9.88 Å². The second-order valence-corrected chi connectivity index (χ2v) is 10.4. The molecule has 0 radical (unpaired) electrons. The molecule has 38 heavy (non-hydrogen) atoms. The Labute approximate surface area is 218 Å². The van der Waals surface area contributed by atoms with Crippen LogP contribution in [-0.4, -0.2) is 73.5 Å². The predicted octanol–water partition coefficient (Wildman–Crippen LogP) is 1.30. The smallest absolute Gasteiger partial charge is 0.255 e. The van der Waals surface area contributed by atoms with Crippen molar-refractivity contribution >= 4 is 17.5 Å². The van der Waals surface area contributed by atoms with E-state index < -0.39 is 58.0 Å². The van der Waals surface area contributed by atoms with Gasteiger partial charge >= 0.3 is 0 Å².